The Bertz CT molecular complexity index is 495. The van der Waals surface area contributed by atoms with Crippen molar-refractivity contribution in [1.29, 1.82) is 0 Å². The van der Waals surface area contributed by atoms with Crippen LogP contribution in [-0.4, -0.2) is 30.5 Å². The number of carbonyl (C=O) groups excluding carboxylic acids is 1. The van der Waals surface area contributed by atoms with E-state index in [0.29, 0.717) is 12.1 Å². The maximum absolute atomic E-state index is 12.0. The molecular weight excluding hydrogens is 287 g/mol. The van der Waals surface area contributed by atoms with Crippen LogP contribution in [0, 0.1) is 5.41 Å². The van der Waals surface area contributed by atoms with E-state index in [4.69, 9.17) is 5.11 Å². The van der Waals surface area contributed by atoms with Gasteiger partial charge in [-0.2, -0.15) is 0 Å². The average Bonchev–Trinajstić information content (AvgIpc) is 3.18. The molecule has 0 unspecified atom stereocenters. The van der Waals surface area contributed by atoms with Crippen molar-refractivity contribution in [3.8, 4) is 5.75 Å². The highest BCUT2D eigenvalue weighted by atomic mass is 19.4. The van der Waals surface area contributed by atoms with E-state index >= 15 is 0 Å². The molecule has 7 heteroatoms. The lowest BCUT2D eigenvalue weighted by atomic mass is 10.1. The van der Waals surface area contributed by atoms with Crippen molar-refractivity contribution < 1.29 is 27.8 Å². The minimum atomic E-state index is -4.72. The molecule has 0 radical (unpaired) electrons. The Morgan fingerprint density at radius 3 is 2.38 bits per heavy atom. The molecule has 0 aromatic heterocycles. The molecule has 0 bridgehead atoms. The highest BCUT2D eigenvalue weighted by molar-refractivity contribution is 5.78. The second-order valence-electron chi connectivity index (χ2n) is 5.30. The van der Waals surface area contributed by atoms with Crippen molar-refractivity contribution in [2.24, 2.45) is 5.41 Å². The summed E-state index contributed by atoms with van der Waals surface area (Å²) < 4.78 is 39.7. The molecule has 1 aromatic carbocycles. The minimum absolute atomic E-state index is 0.0523. The number of rotatable bonds is 6. The van der Waals surface area contributed by atoms with E-state index < -0.39 is 6.36 Å². The van der Waals surface area contributed by atoms with Crippen LogP contribution < -0.4 is 10.1 Å². The van der Waals surface area contributed by atoms with E-state index in [1.807, 2.05) is 0 Å². The predicted octanol–water partition coefficient (Wildman–Crippen LogP) is 2.02. The quantitative estimate of drug-likeness (QED) is 0.845. The lowest BCUT2D eigenvalue weighted by Gasteiger charge is -2.13. The fourth-order valence-corrected chi connectivity index (χ4v) is 1.91. The number of nitrogens with one attached hydrogen (secondary N) is 1. The van der Waals surface area contributed by atoms with E-state index in [2.05, 4.69) is 10.1 Å². The first-order valence-electron chi connectivity index (χ1n) is 6.54. The monoisotopic (exact) mass is 303 g/mol. The van der Waals surface area contributed by atoms with Crippen LogP contribution in [0.3, 0.4) is 0 Å². The Morgan fingerprint density at radius 2 is 1.90 bits per heavy atom. The number of aliphatic hydroxyl groups is 1. The molecule has 0 aliphatic heterocycles. The molecule has 0 spiro atoms. The third-order valence-corrected chi connectivity index (χ3v) is 3.47. The first-order valence-corrected chi connectivity index (χ1v) is 6.54. The number of hydrogen-bond donors (Lipinski definition) is 2. The van der Waals surface area contributed by atoms with Crippen molar-refractivity contribution in [2.75, 3.05) is 13.2 Å². The SMILES string of the molecule is O=C(Cc1ccc(OC(F)(F)F)cc1)NCC1(CO)CC1. The molecule has 1 aliphatic rings. The second kappa shape index (κ2) is 5.93. The van der Waals surface area contributed by atoms with Gasteiger partial charge in [0, 0.05) is 12.0 Å². The number of carbonyl (C=O) groups is 1. The number of ether oxygens (including phenoxy) is 1. The summed E-state index contributed by atoms with van der Waals surface area (Å²) in [7, 11) is 0. The van der Waals surface area contributed by atoms with Crippen molar-refractivity contribution >= 4 is 5.91 Å². The van der Waals surface area contributed by atoms with Gasteiger partial charge in [0.25, 0.3) is 0 Å². The van der Waals surface area contributed by atoms with E-state index in [1.165, 1.54) is 24.3 Å². The Hall–Kier alpha value is -1.76. The summed E-state index contributed by atoms with van der Waals surface area (Å²) in [6.07, 6.45) is -2.85. The zero-order valence-electron chi connectivity index (χ0n) is 11.2. The molecule has 1 fully saturated rings. The zero-order valence-corrected chi connectivity index (χ0v) is 11.2. The second-order valence-corrected chi connectivity index (χ2v) is 5.30. The molecule has 1 aromatic rings. The Kier molecular flexibility index (Phi) is 4.41. The Morgan fingerprint density at radius 1 is 1.29 bits per heavy atom. The van der Waals surface area contributed by atoms with Crippen molar-refractivity contribution in [1.82, 2.24) is 5.32 Å². The Balaban J connectivity index is 1.81. The third-order valence-electron chi connectivity index (χ3n) is 3.47. The van der Waals surface area contributed by atoms with Gasteiger partial charge in [-0.25, -0.2) is 0 Å². The van der Waals surface area contributed by atoms with Gasteiger partial charge in [-0.1, -0.05) is 12.1 Å². The molecule has 2 N–H and O–H groups in total. The summed E-state index contributed by atoms with van der Waals surface area (Å²) in [6.45, 7) is 0.481. The smallest absolute Gasteiger partial charge is 0.406 e. The highest BCUT2D eigenvalue weighted by Crippen LogP contribution is 2.44. The molecule has 1 amide bonds. The molecule has 2 rings (SSSR count). The largest absolute Gasteiger partial charge is 0.573 e. The summed E-state index contributed by atoms with van der Waals surface area (Å²) >= 11 is 0. The standard InChI is InChI=1S/C14H16F3NO3/c15-14(16,17)21-11-3-1-10(2-4-11)7-12(20)18-8-13(9-19)5-6-13/h1-4,19H,5-9H2,(H,18,20). The van der Waals surface area contributed by atoms with Gasteiger partial charge in [-0.05, 0) is 30.5 Å². The molecule has 1 aliphatic carbocycles. The van der Waals surface area contributed by atoms with Gasteiger partial charge in [0.2, 0.25) is 5.91 Å². The van der Waals surface area contributed by atoms with Crippen LogP contribution in [0.5, 0.6) is 5.75 Å². The number of aliphatic hydroxyl groups excluding tert-OH is 1. The average molecular weight is 303 g/mol. The van der Waals surface area contributed by atoms with Crippen LogP contribution in [-0.2, 0) is 11.2 Å². The molecule has 0 atom stereocenters. The van der Waals surface area contributed by atoms with Crippen LogP contribution in [0.15, 0.2) is 24.3 Å². The van der Waals surface area contributed by atoms with Crippen molar-refractivity contribution in [3.63, 3.8) is 0 Å². The van der Waals surface area contributed by atoms with E-state index in [9.17, 15) is 18.0 Å². The first-order chi connectivity index (χ1) is 9.82. The van der Waals surface area contributed by atoms with E-state index in [0.717, 1.165) is 12.8 Å². The highest BCUT2D eigenvalue weighted by Gasteiger charge is 2.42. The van der Waals surface area contributed by atoms with Crippen LogP contribution >= 0.6 is 0 Å². The van der Waals surface area contributed by atoms with Gasteiger partial charge >= 0.3 is 6.36 Å². The molecular formula is C14H16F3NO3. The van der Waals surface area contributed by atoms with Crippen LogP contribution in [0.2, 0.25) is 0 Å². The fraction of sp³-hybridized carbons (Fsp3) is 0.500. The molecule has 4 nitrogen and oxygen atoms in total. The Labute approximate surface area is 119 Å². The molecule has 0 saturated heterocycles. The normalized spacial score (nSPS) is 16.4. The van der Waals surface area contributed by atoms with Gasteiger partial charge in [-0.3, -0.25) is 4.79 Å². The predicted molar refractivity (Wildman–Crippen MR) is 68.6 cm³/mol. The zero-order chi connectivity index (χ0) is 15.5. The topological polar surface area (TPSA) is 58.6 Å². The van der Waals surface area contributed by atoms with Gasteiger partial charge < -0.3 is 15.2 Å². The number of alkyl halides is 3. The third kappa shape index (κ3) is 4.93. The lowest BCUT2D eigenvalue weighted by molar-refractivity contribution is -0.274. The summed E-state index contributed by atoms with van der Waals surface area (Å²) in [5, 5.41) is 11.9. The van der Waals surface area contributed by atoms with Gasteiger partial charge in [-0.15, -0.1) is 13.2 Å². The van der Waals surface area contributed by atoms with E-state index in [1.54, 1.807) is 0 Å². The van der Waals surface area contributed by atoms with Crippen molar-refractivity contribution in [2.45, 2.75) is 25.6 Å². The van der Waals surface area contributed by atoms with Gasteiger partial charge in [0.05, 0.1) is 13.0 Å². The van der Waals surface area contributed by atoms with Crippen LogP contribution in [0.1, 0.15) is 18.4 Å². The maximum atomic E-state index is 12.0. The number of amides is 1. The number of benzene rings is 1. The number of hydrogen-bond acceptors (Lipinski definition) is 3. The minimum Gasteiger partial charge on any atom is -0.406 e. The molecule has 116 valence electrons. The summed E-state index contributed by atoms with van der Waals surface area (Å²) in [5.74, 6) is -0.539. The fourth-order valence-electron chi connectivity index (χ4n) is 1.91. The summed E-state index contributed by atoms with van der Waals surface area (Å²) in [4.78, 5) is 11.7. The summed E-state index contributed by atoms with van der Waals surface area (Å²) in [5.41, 5.74) is 0.427. The summed E-state index contributed by atoms with van der Waals surface area (Å²) in [6, 6.07) is 5.18. The van der Waals surface area contributed by atoms with Gasteiger partial charge in [0.15, 0.2) is 0 Å². The van der Waals surface area contributed by atoms with Crippen LogP contribution in [0.25, 0.3) is 0 Å². The molecule has 21 heavy (non-hydrogen) atoms. The van der Waals surface area contributed by atoms with Gasteiger partial charge in [0.1, 0.15) is 5.75 Å². The van der Waals surface area contributed by atoms with Crippen LogP contribution in [0.4, 0.5) is 13.2 Å². The first kappa shape index (κ1) is 15.6. The molecule has 0 heterocycles. The molecule has 1 saturated carbocycles. The lowest BCUT2D eigenvalue weighted by Crippen LogP contribution is -2.32. The number of halogens is 3. The van der Waals surface area contributed by atoms with Crippen molar-refractivity contribution in [3.05, 3.63) is 29.8 Å². The van der Waals surface area contributed by atoms with E-state index in [-0.39, 0.29) is 30.1 Å². The maximum Gasteiger partial charge on any atom is 0.573 e.